The summed E-state index contributed by atoms with van der Waals surface area (Å²) >= 11 is 3.36. The third-order valence-electron chi connectivity index (χ3n) is 3.30. The summed E-state index contributed by atoms with van der Waals surface area (Å²) < 4.78 is 0.951. The molecular formula is C18H15BrN4O. The highest BCUT2D eigenvalue weighted by Crippen LogP contribution is 2.16. The molecule has 2 aromatic carbocycles. The van der Waals surface area contributed by atoms with E-state index < -0.39 is 0 Å². The number of nitrogens with one attached hydrogen (secondary N) is 2. The largest absolute Gasteiger partial charge is 0.324 e. The molecule has 3 rings (SSSR count). The first-order chi connectivity index (χ1) is 11.6. The van der Waals surface area contributed by atoms with E-state index in [9.17, 15) is 4.79 Å². The molecule has 24 heavy (non-hydrogen) atoms. The van der Waals surface area contributed by atoms with Crippen LogP contribution in [0, 0.1) is 6.92 Å². The number of anilines is 3. The molecule has 0 radical (unpaired) electrons. The Bertz CT molecular complexity index is 848. The molecular weight excluding hydrogens is 368 g/mol. The molecule has 120 valence electrons. The van der Waals surface area contributed by atoms with Gasteiger partial charge in [0.25, 0.3) is 5.91 Å². The average Bonchev–Trinajstić information content (AvgIpc) is 2.59. The number of amides is 1. The van der Waals surface area contributed by atoms with Gasteiger partial charge in [0.1, 0.15) is 5.69 Å². The molecule has 6 heteroatoms. The van der Waals surface area contributed by atoms with Gasteiger partial charge in [0.05, 0.1) is 0 Å². The quantitative estimate of drug-likeness (QED) is 0.694. The summed E-state index contributed by atoms with van der Waals surface area (Å²) in [6.45, 7) is 2.02. The predicted molar refractivity (Wildman–Crippen MR) is 98.6 cm³/mol. The highest BCUT2D eigenvalue weighted by Gasteiger charge is 2.09. The standard InChI is InChI=1S/C18H15BrN4O/c1-12-2-6-15(7-3-12)22-18-20-11-10-16(23-18)17(24)21-14-8-4-13(19)5-9-14/h2-11H,1H3,(H,21,24)(H,20,22,23). The number of carbonyl (C=O) groups is 1. The molecule has 0 bridgehead atoms. The number of carbonyl (C=O) groups excluding carboxylic acids is 1. The lowest BCUT2D eigenvalue weighted by Crippen LogP contribution is -2.14. The van der Waals surface area contributed by atoms with Crippen LogP contribution in [0.5, 0.6) is 0 Å². The fraction of sp³-hybridized carbons (Fsp3) is 0.0556. The molecule has 5 nitrogen and oxygen atoms in total. The topological polar surface area (TPSA) is 66.9 Å². The molecule has 0 atom stereocenters. The van der Waals surface area contributed by atoms with Gasteiger partial charge in [0, 0.05) is 22.0 Å². The summed E-state index contributed by atoms with van der Waals surface area (Å²) in [7, 11) is 0. The van der Waals surface area contributed by atoms with E-state index in [1.807, 2.05) is 55.5 Å². The molecule has 3 aromatic rings. The molecule has 0 aliphatic rings. The first kappa shape index (κ1) is 16.1. The monoisotopic (exact) mass is 382 g/mol. The molecule has 0 unspecified atom stereocenters. The Morgan fingerprint density at radius 1 is 0.958 bits per heavy atom. The van der Waals surface area contributed by atoms with Crippen LogP contribution in [0.15, 0.2) is 65.3 Å². The maximum Gasteiger partial charge on any atom is 0.274 e. The molecule has 1 amide bonds. The Labute approximate surface area is 148 Å². The Balaban J connectivity index is 1.73. The zero-order chi connectivity index (χ0) is 16.9. The molecule has 0 aliphatic carbocycles. The minimum Gasteiger partial charge on any atom is -0.324 e. The summed E-state index contributed by atoms with van der Waals surface area (Å²) in [5.41, 5.74) is 3.03. The van der Waals surface area contributed by atoms with E-state index >= 15 is 0 Å². The maximum absolute atomic E-state index is 12.3. The van der Waals surface area contributed by atoms with Crippen LogP contribution < -0.4 is 10.6 Å². The van der Waals surface area contributed by atoms with Crippen LogP contribution in [0.3, 0.4) is 0 Å². The van der Waals surface area contributed by atoms with E-state index in [1.165, 1.54) is 5.56 Å². The van der Waals surface area contributed by atoms with Crippen LogP contribution in [-0.2, 0) is 0 Å². The van der Waals surface area contributed by atoms with Gasteiger partial charge in [-0.2, -0.15) is 0 Å². The highest BCUT2D eigenvalue weighted by molar-refractivity contribution is 9.10. The number of hydrogen-bond acceptors (Lipinski definition) is 4. The van der Waals surface area contributed by atoms with Crippen molar-refractivity contribution in [1.29, 1.82) is 0 Å². The van der Waals surface area contributed by atoms with Crippen molar-refractivity contribution in [1.82, 2.24) is 9.97 Å². The minimum atomic E-state index is -0.285. The zero-order valence-corrected chi connectivity index (χ0v) is 14.5. The van der Waals surface area contributed by atoms with E-state index in [0.717, 1.165) is 10.2 Å². The molecule has 0 fully saturated rings. The van der Waals surface area contributed by atoms with Crippen LogP contribution in [0.2, 0.25) is 0 Å². The fourth-order valence-electron chi connectivity index (χ4n) is 2.04. The summed E-state index contributed by atoms with van der Waals surface area (Å²) in [5.74, 6) is 0.0917. The van der Waals surface area contributed by atoms with E-state index in [4.69, 9.17) is 0 Å². The highest BCUT2D eigenvalue weighted by atomic mass is 79.9. The second kappa shape index (κ2) is 7.23. The molecule has 0 saturated carbocycles. The van der Waals surface area contributed by atoms with Crippen molar-refractivity contribution in [3.63, 3.8) is 0 Å². The van der Waals surface area contributed by atoms with Gasteiger partial charge < -0.3 is 10.6 Å². The maximum atomic E-state index is 12.3. The molecule has 2 N–H and O–H groups in total. The van der Waals surface area contributed by atoms with Gasteiger partial charge in [-0.3, -0.25) is 4.79 Å². The van der Waals surface area contributed by atoms with Crippen molar-refractivity contribution in [2.24, 2.45) is 0 Å². The fourth-order valence-corrected chi connectivity index (χ4v) is 2.30. The lowest BCUT2D eigenvalue weighted by Gasteiger charge is -2.08. The first-order valence-electron chi connectivity index (χ1n) is 7.34. The van der Waals surface area contributed by atoms with Crippen LogP contribution in [0.4, 0.5) is 17.3 Å². The van der Waals surface area contributed by atoms with Crippen molar-refractivity contribution in [2.75, 3.05) is 10.6 Å². The van der Waals surface area contributed by atoms with Gasteiger partial charge in [-0.05, 0) is 49.4 Å². The summed E-state index contributed by atoms with van der Waals surface area (Å²) in [6, 6.07) is 16.8. The first-order valence-corrected chi connectivity index (χ1v) is 8.13. The third kappa shape index (κ3) is 4.17. The number of halogens is 1. The second-order valence-electron chi connectivity index (χ2n) is 5.22. The Morgan fingerprint density at radius 3 is 2.33 bits per heavy atom. The molecule has 0 spiro atoms. The van der Waals surface area contributed by atoms with E-state index in [2.05, 4.69) is 36.5 Å². The van der Waals surface area contributed by atoms with E-state index in [-0.39, 0.29) is 5.91 Å². The number of aromatic nitrogens is 2. The van der Waals surface area contributed by atoms with Crippen LogP contribution in [-0.4, -0.2) is 15.9 Å². The number of rotatable bonds is 4. The molecule has 0 aliphatic heterocycles. The number of aryl methyl sites for hydroxylation is 1. The van der Waals surface area contributed by atoms with Crippen molar-refractivity contribution in [2.45, 2.75) is 6.92 Å². The Kier molecular flexibility index (Phi) is 4.86. The third-order valence-corrected chi connectivity index (χ3v) is 3.83. The number of benzene rings is 2. The van der Waals surface area contributed by atoms with Gasteiger partial charge in [0.2, 0.25) is 5.95 Å². The van der Waals surface area contributed by atoms with Crippen molar-refractivity contribution < 1.29 is 4.79 Å². The Hall–Kier alpha value is -2.73. The van der Waals surface area contributed by atoms with Crippen LogP contribution >= 0.6 is 15.9 Å². The molecule has 1 aromatic heterocycles. The van der Waals surface area contributed by atoms with Gasteiger partial charge in [-0.15, -0.1) is 0 Å². The summed E-state index contributed by atoms with van der Waals surface area (Å²) in [5, 5.41) is 5.90. The molecule has 0 saturated heterocycles. The average molecular weight is 383 g/mol. The van der Waals surface area contributed by atoms with Gasteiger partial charge in [-0.1, -0.05) is 33.6 Å². The number of nitrogens with zero attached hydrogens (tertiary/aromatic N) is 2. The predicted octanol–water partition coefficient (Wildman–Crippen LogP) is 4.54. The van der Waals surface area contributed by atoms with Gasteiger partial charge >= 0.3 is 0 Å². The summed E-state index contributed by atoms with van der Waals surface area (Å²) in [6.07, 6.45) is 1.56. The smallest absolute Gasteiger partial charge is 0.274 e. The van der Waals surface area contributed by atoms with Crippen LogP contribution in [0.1, 0.15) is 16.1 Å². The van der Waals surface area contributed by atoms with Crippen molar-refractivity contribution >= 4 is 39.2 Å². The van der Waals surface area contributed by atoms with Crippen molar-refractivity contribution in [3.05, 3.63) is 76.5 Å². The number of hydrogen-bond donors (Lipinski definition) is 2. The van der Waals surface area contributed by atoms with Gasteiger partial charge in [0.15, 0.2) is 0 Å². The van der Waals surface area contributed by atoms with Gasteiger partial charge in [-0.25, -0.2) is 9.97 Å². The SMILES string of the molecule is Cc1ccc(Nc2nccc(C(=O)Nc3ccc(Br)cc3)n2)cc1. The second-order valence-corrected chi connectivity index (χ2v) is 6.13. The summed E-state index contributed by atoms with van der Waals surface area (Å²) in [4.78, 5) is 20.7. The van der Waals surface area contributed by atoms with E-state index in [0.29, 0.717) is 17.3 Å². The lowest BCUT2D eigenvalue weighted by atomic mass is 10.2. The Morgan fingerprint density at radius 2 is 1.62 bits per heavy atom. The van der Waals surface area contributed by atoms with E-state index in [1.54, 1.807) is 12.3 Å². The minimum absolute atomic E-state index is 0.285. The van der Waals surface area contributed by atoms with Crippen LogP contribution in [0.25, 0.3) is 0 Å². The lowest BCUT2D eigenvalue weighted by molar-refractivity contribution is 0.102. The normalized spacial score (nSPS) is 10.2. The van der Waals surface area contributed by atoms with Crippen molar-refractivity contribution in [3.8, 4) is 0 Å². The molecule has 1 heterocycles. The zero-order valence-electron chi connectivity index (χ0n) is 13.0.